The Morgan fingerprint density at radius 1 is 0.909 bits per heavy atom. The summed E-state index contributed by atoms with van der Waals surface area (Å²) >= 11 is 0. The first-order valence-corrected chi connectivity index (χ1v) is 7.84. The van der Waals surface area contributed by atoms with Crippen LogP contribution in [-0.4, -0.2) is 63.4 Å². The summed E-state index contributed by atoms with van der Waals surface area (Å²) in [4.78, 5) is 4.99. The Kier molecular flexibility index (Phi) is 5.91. The van der Waals surface area contributed by atoms with Gasteiger partial charge in [-0.15, -0.1) is 0 Å². The van der Waals surface area contributed by atoms with Gasteiger partial charge in [0.25, 0.3) is 0 Å². The molecule has 1 fully saturated rings. The molecule has 0 atom stereocenters. The minimum Gasteiger partial charge on any atom is -0.493 e. The van der Waals surface area contributed by atoms with Crippen LogP contribution in [0.1, 0.15) is 19.4 Å². The summed E-state index contributed by atoms with van der Waals surface area (Å²) in [7, 11) is 4.94. The molecule has 0 spiro atoms. The van der Waals surface area contributed by atoms with Crippen LogP contribution in [-0.2, 0) is 6.54 Å². The second-order valence-electron chi connectivity index (χ2n) is 5.94. The molecule has 1 saturated heterocycles. The van der Waals surface area contributed by atoms with Gasteiger partial charge in [-0.2, -0.15) is 0 Å². The molecule has 0 amide bonds. The van der Waals surface area contributed by atoms with Gasteiger partial charge in [-0.25, -0.2) is 0 Å². The molecule has 0 bridgehead atoms. The number of benzene rings is 1. The molecular weight excluding hydrogens is 280 g/mol. The third-order valence-electron chi connectivity index (χ3n) is 4.27. The Balaban J connectivity index is 2.07. The lowest BCUT2D eigenvalue weighted by molar-refractivity contribution is 0.104. The van der Waals surface area contributed by atoms with Crippen molar-refractivity contribution in [2.45, 2.75) is 26.4 Å². The summed E-state index contributed by atoms with van der Waals surface area (Å²) in [6, 6.07) is 4.70. The van der Waals surface area contributed by atoms with E-state index in [2.05, 4.69) is 23.6 Å². The van der Waals surface area contributed by atoms with Crippen molar-refractivity contribution in [1.29, 1.82) is 0 Å². The van der Waals surface area contributed by atoms with Gasteiger partial charge < -0.3 is 14.2 Å². The maximum absolute atomic E-state index is 5.43. The SMILES string of the molecule is COc1cc(CN2CCN(C(C)C)CC2)cc(OC)c1OC. The van der Waals surface area contributed by atoms with Crippen LogP contribution in [0.5, 0.6) is 17.2 Å². The minimum absolute atomic E-state index is 0.628. The van der Waals surface area contributed by atoms with Crippen LogP contribution in [0.4, 0.5) is 0 Å². The predicted molar refractivity (Wildman–Crippen MR) is 88.1 cm³/mol. The summed E-state index contributed by atoms with van der Waals surface area (Å²) in [6.07, 6.45) is 0. The zero-order valence-corrected chi connectivity index (χ0v) is 14.4. The van der Waals surface area contributed by atoms with E-state index >= 15 is 0 Å². The van der Waals surface area contributed by atoms with E-state index in [4.69, 9.17) is 14.2 Å². The average Bonchev–Trinajstić information content (AvgIpc) is 2.54. The molecule has 0 aliphatic carbocycles. The van der Waals surface area contributed by atoms with Gasteiger partial charge in [0.1, 0.15) is 0 Å². The Morgan fingerprint density at radius 2 is 1.45 bits per heavy atom. The summed E-state index contributed by atoms with van der Waals surface area (Å²) in [6.45, 7) is 9.86. The number of rotatable bonds is 6. The molecule has 0 saturated carbocycles. The molecule has 0 unspecified atom stereocenters. The second kappa shape index (κ2) is 7.70. The summed E-state index contributed by atoms with van der Waals surface area (Å²) in [5.74, 6) is 2.09. The van der Waals surface area contributed by atoms with Crippen LogP contribution in [0.15, 0.2) is 12.1 Å². The Morgan fingerprint density at radius 3 is 1.86 bits per heavy atom. The largest absolute Gasteiger partial charge is 0.493 e. The Hall–Kier alpha value is -1.46. The molecule has 22 heavy (non-hydrogen) atoms. The van der Waals surface area contributed by atoms with Crippen molar-refractivity contribution < 1.29 is 14.2 Å². The van der Waals surface area contributed by atoms with Crippen LogP contribution in [0.25, 0.3) is 0 Å². The molecule has 2 rings (SSSR count). The Labute approximate surface area is 133 Å². The lowest BCUT2D eigenvalue weighted by Gasteiger charge is -2.37. The van der Waals surface area contributed by atoms with Gasteiger partial charge in [-0.3, -0.25) is 9.80 Å². The monoisotopic (exact) mass is 308 g/mol. The molecule has 0 aromatic heterocycles. The van der Waals surface area contributed by atoms with Crippen LogP contribution in [0.3, 0.4) is 0 Å². The molecule has 5 heteroatoms. The average molecular weight is 308 g/mol. The van der Waals surface area contributed by atoms with Crippen molar-refractivity contribution >= 4 is 0 Å². The minimum atomic E-state index is 0.628. The Bertz CT molecular complexity index is 458. The van der Waals surface area contributed by atoms with Crippen LogP contribution >= 0.6 is 0 Å². The fraction of sp³-hybridized carbons (Fsp3) is 0.647. The maximum atomic E-state index is 5.43. The quantitative estimate of drug-likeness (QED) is 0.805. The zero-order chi connectivity index (χ0) is 16.1. The molecule has 1 aliphatic rings. The molecule has 0 radical (unpaired) electrons. The van der Waals surface area contributed by atoms with E-state index in [9.17, 15) is 0 Å². The first-order valence-electron chi connectivity index (χ1n) is 7.84. The molecule has 0 N–H and O–H groups in total. The molecule has 1 aliphatic heterocycles. The smallest absolute Gasteiger partial charge is 0.203 e. The highest BCUT2D eigenvalue weighted by Gasteiger charge is 2.20. The fourth-order valence-electron chi connectivity index (χ4n) is 2.92. The van der Waals surface area contributed by atoms with Crippen molar-refractivity contribution in [3.05, 3.63) is 17.7 Å². The second-order valence-corrected chi connectivity index (χ2v) is 5.94. The fourth-order valence-corrected chi connectivity index (χ4v) is 2.92. The standard InChI is InChI=1S/C17H28N2O3/c1-13(2)19-8-6-18(7-9-19)12-14-10-15(20-3)17(22-5)16(11-14)21-4/h10-11,13H,6-9,12H2,1-5H3. The normalized spacial score (nSPS) is 16.8. The molecule has 1 heterocycles. The number of methoxy groups -OCH3 is 3. The first-order chi connectivity index (χ1) is 10.6. The summed E-state index contributed by atoms with van der Waals surface area (Å²) in [5, 5.41) is 0. The van der Waals surface area contributed by atoms with E-state index in [-0.39, 0.29) is 0 Å². The zero-order valence-electron chi connectivity index (χ0n) is 14.4. The third kappa shape index (κ3) is 3.84. The van der Waals surface area contributed by atoms with Crippen molar-refractivity contribution in [2.24, 2.45) is 0 Å². The van der Waals surface area contributed by atoms with E-state index in [0.717, 1.165) is 44.2 Å². The molecule has 1 aromatic carbocycles. The van der Waals surface area contributed by atoms with Gasteiger partial charge in [0.05, 0.1) is 21.3 Å². The van der Waals surface area contributed by atoms with Gasteiger partial charge in [-0.1, -0.05) is 0 Å². The van der Waals surface area contributed by atoms with E-state index in [1.807, 2.05) is 12.1 Å². The summed E-state index contributed by atoms with van der Waals surface area (Å²) in [5.41, 5.74) is 1.19. The van der Waals surface area contributed by atoms with Crippen LogP contribution in [0, 0.1) is 0 Å². The topological polar surface area (TPSA) is 34.2 Å². The van der Waals surface area contributed by atoms with E-state index in [1.165, 1.54) is 5.56 Å². The highest BCUT2D eigenvalue weighted by Crippen LogP contribution is 2.38. The third-order valence-corrected chi connectivity index (χ3v) is 4.27. The molecule has 5 nitrogen and oxygen atoms in total. The molecular formula is C17H28N2O3. The van der Waals surface area contributed by atoms with Gasteiger partial charge in [0, 0.05) is 38.8 Å². The van der Waals surface area contributed by atoms with Crippen molar-refractivity contribution in [3.63, 3.8) is 0 Å². The van der Waals surface area contributed by atoms with Gasteiger partial charge >= 0.3 is 0 Å². The lowest BCUT2D eigenvalue weighted by Crippen LogP contribution is -2.48. The predicted octanol–water partition coefficient (Wildman–Crippen LogP) is 2.24. The van der Waals surface area contributed by atoms with Crippen LogP contribution < -0.4 is 14.2 Å². The highest BCUT2D eigenvalue weighted by atomic mass is 16.5. The van der Waals surface area contributed by atoms with Crippen LogP contribution in [0.2, 0.25) is 0 Å². The van der Waals surface area contributed by atoms with Gasteiger partial charge in [0.15, 0.2) is 11.5 Å². The van der Waals surface area contributed by atoms with Gasteiger partial charge in [-0.05, 0) is 31.5 Å². The summed E-state index contributed by atoms with van der Waals surface area (Å²) < 4.78 is 16.2. The van der Waals surface area contributed by atoms with Gasteiger partial charge in [0.2, 0.25) is 5.75 Å². The highest BCUT2D eigenvalue weighted by molar-refractivity contribution is 5.53. The van der Waals surface area contributed by atoms with Crippen molar-refractivity contribution in [2.75, 3.05) is 47.5 Å². The van der Waals surface area contributed by atoms with Crippen molar-refractivity contribution in [3.8, 4) is 17.2 Å². The maximum Gasteiger partial charge on any atom is 0.203 e. The lowest BCUT2D eigenvalue weighted by atomic mass is 10.1. The van der Waals surface area contributed by atoms with E-state index in [1.54, 1.807) is 21.3 Å². The van der Waals surface area contributed by atoms with E-state index in [0.29, 0.717) is 11.8 Å². The number of ether oxygens (including phenoxy) is 3. The number of hydrogen-bond acceptors (Lipinski definition) is 5. The first kappa shape index (κ1) is 16.9. The number of piperazine rings is 1. The molecule has 1 aromatic rings. The van der Waals surface area contributed by atoms with Crippen molar-refractivity contribution in [1.82, 2.24) is 9.80 Å². The number of nitrogens with zero attached hydrogens (tertiary/aromatic N) is 2. The molecule has 124 valence electrons. The number of hydrogen-bond donors (Lipinski definition) is 0. The van der Waals surface area contributed by atoms with E-state index < -0.39 is 0 Å².